The molecule has 2 N–H and O–H groups in total. The van der Waals surface area contributed by atoms with Gasteiger partial charge in [0, 0.05) is 6.26 Å². The number of nitrogens with zero attached hydrogens (tertiary/aromatic N) is 1. The number of rotatable bonds is 3. The van der Waals surface area contributed by atoms with E-state index in [0.717, 1.165) is 30.0 Å². The minimum absolute atomic E-state index is 0.305. The van der Waals surface area contributed by atoms with Gasteiger partial charge in [-0.2, -0.15) is 0 Å². The molecule has 1 aliphatic rings. The molecule has 1 aromatic carbocycles. The van der Waals surface area contributed by atoms with Gasteiger partial charge >= 0.3 is 0 Å². The van der Waals surface area contributed by atoms with Gasteiger partial charge in [0.25, 0.3) is 0 Å². The third-order valence-corrected chi connectivity index (χ3v) is 4.71. The van der Waals surface area contributed by atoms with Crippen molar-refractivity contribution in [3.05, 3.63) is 36.3 Å². The number of hydrogen-bond donors (Lipinski definition) is 2. The highest BCUT2D eigenvalue weighted by molar-refractivity contribution is 7.90. The first kappa shape index (κ1) is 13.3. The predicted molar refractivity (Wildman–Crippen MR) is 77.1 cm³/mol. The normalized spacial score (nSPS) is 19.4. The van der Waals surface area contributed by atoms with E-state index in [9.17, 15) is 8.42 Å². The number of imidazole rings is 1. The summed E-state index contributed by atoms with van der Waals surface area (Å²) >= 11 is 0. The number of aromatic nitrogens is 2. The summed E-state index contributed by atoms with van der Waals surface area (Å²) in [6, 6.07) is 7.16. The monoisotopic (exact) mass is 291 g/mol. The van der Waals surface area contributed by atoms with Crippen molar-refractivity contribution in [2.75, 3.05) is 12.8 Å². The van der Waals surface area contributed by atoms with Crippen molar-refractivity contribution < 1.29 is 8.42 Å². The molecule has 0 aliphatic carbocycles. The minimum atomic E-state index is -3.15. The smallest absolute Gasteiger partial charge is 0.175 e. The minimum Gasteiger partial charge on any atom is -0.341 e. The zero-order valence-corrected chi connectivity index (χ0v) is 12.1. The molecule has 1 aliphatic heterocycles. The van der Waals surface area contributed by atoms with Gasteiger partial charge in [0.1, 0.15) is 5.82 Å². The highest BCUT2D eigenvalue weighted by Crippen LogP contribution is 2.24. The van der Waals surface area contributed by atoms with E-state index in [-0.39, 0.29) is 0 Å². The Labute approximate surface area is 118 Å². The third-order valence-electron chi connectivity index (χ3n) is 3.58. The molecule has 5 nitrogen and oxygen atoms in total. The van der Waals surface area contributed by atoms with E-state index in [4.69, 9.17) is 0 Å². The Morgan fingerprint density at radius 1 is 1.25 bits per heavy atom. The Bertz CT molecular complexity index is 698. The summed E-state index contributed by atoms with van der Waals surface area (Å²) in [7, 11) is -3.15. The van der Waals surface area contributed by atoms with Crippen molar-refractivity contribution in [3.8, 4) is 11.3 Å². The molecule has 1 atom stereocenters. The molecule has 106 valence electrons. The fourth-order valence-corrected chi connectivity index (χ4v) is 3.09. The van der Waals surface area contributed by atoms with Gasteiger partial charge in [-0.3, -0.25) is 0 Å². The first-order valence-electron chi connectivity index (χ1n) is 6.63. The third kappa shape index (κ3) is 2.62. The second kappa shape index (κ2) is 5.03. The lowest BCUT2D eigenvalue weighted by Crippen LogP contribution is -2.14. The van der Waals surface area contributed by atoms with E-state index in [1.165, 1.54) is 12.7 Å². The summed E-state index contributed by atoms with van der Waals surface area (Å²) in [6.07, 6.45) is 5.27. The van der Waals surface area contributed by atoms with Gasteiger partial charge in [-0.05, 0) is 37.1 Å². The van der Waals surface area contributed by atoms with Crippen molar-refractivity contribution in [1.82, 2.24) is 15.3 Å². The summed E-state index contributed by atoms with van der Waals surface area (Å²) in [4.78, 5) is 8.05. The Morgan fingerprint density at radius 2 is 2.00 bits per heavy atom. The lowest BCUT2D eigenvalue weighted by atomic mass is 10.2. The Kier molecular flexibility index (Phi) is 3.35. The van der Waals surface area contributed by atoms with E-state index in [1.54, 1.807) is 30.5 Å². The van der Waals surface area contributed by atoms with Crippen LogP contribution in [-0.4, -0.2) is 31.2 Å². The number of H-pyrrole nitrogens is 1. The highest BCUT2D eigenvalue weighted by Gasteiger charge is 2.19. The zero-order valence-electron chi connectivity index (χ0n) is 11.3. The molecular weight excluding hydrogens is 274 g/mol. The number of hydrogen-bond acceptors (Lipinski definition) is 4. The molecule has 0 saturated carbocycles. The highest BCUT2D eigenvalue weighted by atomic mass is 32.2. The first-order valence-corrected chi connectivity index (χ1v) is 8.52. The molecule has 20 heavy (non-hydrogen) atoms. The number of nitrogens with one attached hydrogen (secondary N) is 2. The van der Waals surface area contributed by atoms with E-state index >= 15 is 0 Å². The van der Waals surface area contributed by atoms with Crippen molar-refractivity contribution in [3.63, 3.8) is 0 Å². The SMILES string of the molecule is CS(=O)(=O)c1ccc(-c2cnc(C3CCCN3)[nH]2)cc1. The molecule has 3 rings (SSSR count). The molecular formula is C14H17N3O2S. The van der Waals surface area contributed by atoms with Crippen LogP contribution in [0.5, 0.6) is 0 Å². The second-order valence-corrected chi connectivity index (χ2v) is 7.14. The summed E-state index contributed by atoms with van der Waals surface area (Å²) in [6.45, 7) is 1.03. The molecule has 2 heterocycles. The van der Waals surface area contributed by atoms with Gasteiger partial charge in [-0.1, -0.05) is 12.1 Å². The van der Waals surface area contributed by atoms with Crippen LogP contribution in [0.1, 0.15) is 24.7 Å². The quantitative estimate of drug-likeness (QED) is 0.906. The number of benzene rings is 1. The average molecular weight is 291 g/mol. The molecule has 1 fully saturated rings. The van der Waals surface area contributed by atoms with Crippen LogP contribution in [0.15, 0.2) is 35.4 Å². The van der Waals surface area contributed by atoms with E-state index < -0.39 is 9.84 Å². The molecule has 1 unspecified atom stereocenters. The van der Waals surface area contributed by atoms with Crippen LogP contribution >= 0.6 is 0 Å². The Morgan fingerprint density at radius 3 is 2.60 bits per heavy atom. The molecule has 0 radical (unpaired) electrons. The summed E-state index contributed by atoms with van der Waals surface area (Å²) in [5.41, 5.74) is 1.85. The number of sulfone groups is 1. The molecule has 1 aromatic heterocycles. The van der Waals surface area contributed by atoms with E-state index in [2.05, 4.69) is 15.3 Å². The first-order chi connectivity index (χ1) is 9.54. The van der Waals surface area contributed by atoms with Gasteiger partial charge in [-0.25, -0.2) is 13.4 Å². The van der Waals surface area contributed by atoms with Crippen LogP contribution < -0.4 is 5.32 Å². The van der Waals surface area contributed by atoms with E-state index in [1.807, 2.05) is 0 Å². The second-order valence-electron chi connectivity index (χ2n) is 5.13. The fraction of sp³-hybridized carbons (Fsp3) is 0.357. The van der Waals surface area contributed by atoms with Crippen LogP contribution in [0, 0.1) is 0 Å². The average Bonchev–Trinajstić information content (AvgIpc) is 3.09. The summed E-state index contributed by atoms with van der Waals surface area (Å²) in [5, 5.41) is 3.39. The molecule has 1 saturated heterocycles. The summed E-state index contributed by atoms with van der Waals surface area (Å²) in [5.74, 6) is 0.949. The van der Waals surface area contributed by atoms with Crippen molar-refractivity contribution >= 4 is 9.84 Å². The van der Waals surface area contributed by atoms with Gasteiger partial charge in [0.2, 0.25) is 0 Å². The maximum absolute atomic E-state index is 11.4. The standard InChI is InChI=1S/C14H17N3O2S/c1-20(18,19)11-6-4-10(5-7-11)13-9-16-14(17-13)12-3-2-8-15-12/h4-7,9,12,15H,2-3,8H2,1H3,(H,16,17). The van der Waals surface area contributed by atoms with Gasteiger partial charge in [-0.15, -0.1) is 0 Å². The van der Waals surface area contributed by atoms with Crippen LogP contribution in [-0.2, 0) is 9.84 Å². The Hall–Kier alpha value is -1.66. The molecule has 0 amide bonds. The van der Waals surface area contributed by atoms with Crippen molar-refractivity contribution in [2.45, 2.75) is 23.8 Å². The Balaban J connectivity index is 1.86. The molecule has 6 heteroatoms. The maximum Gasteiger partial charge on any atom is 0.175 e. The van der Waals surface area contributed by atoms with Gasteiger partial charge < -0.3 is 10.3 Å². The zero-order chi connectivity index (χ0) is 14.2. The summed E-state index contributed by atoms with van der Waals surface area (Å²) < 4.78 is 22.9. The van der Waals surface area contributed by atoms with Crippen LogP contribution in [0.3, 0.4) is 0 Å². The number of aromatic amines is 1. The molecule has 0 bridgehead atoms. The topological polar surface area (TPSA) is 74.8 Å². The van der Waals surface area contributed by atoms with Gasteiger partial charge in [0.15, 0.2) is 9.84 Å². The van der Waals surface area contributed by atoms with Crippen LogP contribution in [0.4, 0.5) is 0 Å². The maximum atomic E-state index is 11.4. The van der Waals surface area contributed by atoms with Crippen molar-refractivity contribution in [1.29, 1.82) is 0 Å². The fourth-order valence-electron chi connectivity index (χ4n) is 2.46. The predicted octanol–water partition coefficient (Wildman–Crippen LogP) is 1.90. The lowest BCUT2D eigenvalue weighted by Gasteiger charge is -2.05. The largest absolute Gasteiger partial charge is 0.341 e. The van der Waals surface area contributed by atoms with E-state index in [0.29, 0.717) is 10.9 Å². The van der Waals surface area contributed by atoms with Gasteiger partial charge in [0.05, 0.1) is 22.8 Å². The van der Waals surface area contributed by atoms with Crippen LogP contribution in [0.25, 0.3) is 11.3 Å². The lowest BCUT2D eigenvalue weighted by molar-refractivity contribution is 0.602. The molecule has 2 aromatic rings. The van der Waals surface area contributed by atoms with Crippen molar-refractivity contribution in [2.24, 2.45) is 0 Å². The van der Waals surface area contributed by atoms with Crippen LogP contribution in [0.2, 0.25) is 0 Å². The molecule has 0 spiro atoms.